The van der Waals surface area contributed by atoms with Crippen LogP contribution in [0.15, 0.2) is 0 Å². The molecule has 50 heavy (non-hydrogen) atoms. The third-order valence-corrected chi connectivity index (χ3v) is 7.16. The number of hydrogen-bond donors (Lipinski definition) is 3. The van der Waals surface area contributed by atoms with Crippen molar-refractivity contribution in [3.05, 3.63) is 0 Å². The molecule has 0 heterocycles. The van der Waals surface area contributed by atoms with Crippen LogP contribution in [0, 0.1) is 0 Å². The fourth-order valence-corrected chi connectivity index (χ4v) is 4.32. The van der Waals surface area contributed by atoms with E-state index in [1.54, 1.807) is 0 Å². The lowest BCUT2D eigenvalue weighted by molar-refractivity contribution is -0.121. The van der Waals surface area contributed by atoms with Crippen LogP contribution in [0.3, 0.4) is 0 Å². The number of ether oxygens (including phenoxy) is 1. The number of unbranched alkanes of at least 4 members (excludes halogenated alkanes) is 13. The number of carbonyl (C=O) groups is 4. The average Bonchev–Trinajstić information content (AvgIpc) is 3.07. The summed E-state index contributed by atoms with van der Waals surface area (Å²) in [5.41, 5.74) is 5.15. The first-order valence-corrected chi connectivity index (χ1v) is 21.7. The van der Waals surface area contributed by atoms with Crippen molar-refractivity contribution in [2.24, 2.45) is 5.73 Å². The van der Waals surface area contributed by atoms with Gasteiger partial charge in [-0.1, -0.05) is 134 Å². The minimum absolute atomic E-state index is 0.129. The summed E-state index contributed by atoms with van der Waals surface area (Å²) < 4.78 is 5.37. The van der Waals surface area contributed by atoms with Crippen molar-refractivity contribution in [1.82, 2.24) is 5.32 Å². The Balaban J connectivity index is -0.000000138. The summed E-state index contributed by atoms with van der Waals surface area (Å²) in [6.07, 6.45) is 25.1. The molecule has 0 saturated heterocycles. The Morgan fingerprint density at radius 3 is 1.52 bits per heavy atom. The third-order valence-electron chi connectivity index (χ3n) is 6.87. The van der Waals surface area contributed by atoms with Gasteiger partial charge in [-0.15, -0.1) is 9.24 Å². The molecule has 0 aromatic rings. The van der Waals surface area contributed by atoms with E-state index in [-0.39, 0.29) is 22.9 Å². The molecule has 0 aliphatic heterocycles. The van der Waals surface area contributed by atoms with Gasteiger partial charge in [-0.05, 0) is 59.3 Å². The van der Waals surface area contributed by atoms with E-state index in [1.807, 2.05) is 27.4 Å². The van der Waals surface area contributed by atoms with Gasteiger partial charge < -0.3 is 25.7 Å². The van der Waals surface area contributed by atoms with Crippen LogP contribution < -0.4 is 11.1 Å². The van der Waals surface area contributed by atoms with E-state index < -0.39 is 0 Å². The van der Waals surface area contributed by atoms with Gasteiger partial charge in [0.25, 0.3) is 0 Å². The van der Waals surface area contributed by atoms with Crippen molar-refractivity contribution < 1.29 is 29.0 Å². The molecule has 0 rings (SSSR count). The molecule has 0 bridgehead atoms. The summed E-state index contributed by atoms with van der Waals surface area (Å²) in [7, 11) is 4.61. The Morgan fingerprint density at radius 2 is 1.12 bits per heavy atom. The van der Waals surface area contributed by atoms with Crippen molar-refractivity contribution in [2.45, 2.75) is 209 Å². The Bertz CT molecular complexity index is 664. The fraction of sp³-hybridized carbons (Fsp3) is 0.900. The second-order valence-electron chi connectivity index (χ2n) is 12.8. The average molecular weight is 755 g/mol. The van der Waals surface area contributed by atoms with E-state index >= 15 is 0 Å². The molecule has 0 fully saturated rings. The monoisotopic (exact) mass is 755 g/mol. The van der Waals surface area contributed by atoms with Crippen LogP contribution in [-0.4, -0.2) is 60.8 Å². The van der Waals surface area contributed by atoms with E-state index in [2.05, 4.69) is 58.4 Å². The Morgan fingerprint density at radius 1 is 0.700 bits per heavy atom. The number of carbonyl (C=O) groups excluding carboxylic acids is 4. The number of aliphatic hydroxyl groups excluding tert-OH is 1. The lowest BCUT2D eigenvalue weighted by Crippen LogP contribution is -2.24. The fourth-order valence-electron chi connectivity index (χ4n) is 4.12. The minimum Gasteiger partial charge on any atom is -0.396 e. The molecule has 8 nitrogen and oxygen atoms in total. The highest BCUT2D eigenvalue weighted by Crippen LogP contribution is 2.15. The molecule has 0 spiro atoms. The summed E-state index contributed by atoms with van der Waals surface area (Å²) in [5.74, 6) is -0.131. The first-order chi connectivity index (χ1) is 23.9. The number of nitrogens with one attached hydrogen (secondary N) is 1. The van der Waals surface area contributed by atoms with Crippen LogP contribution in [0.25, 0.3) is 0 Å². The van der Waals surface area contributed by atoms with Gasteiger partial charge in [0.2, 0.25) is 11.8 Å². The molecule has 2 amide bonds. The number of hydrogen-bond acceptors (Lipinski definition) is 6. The molecule has 2 atom stereocenters. The van der Waals surface area contributed by atoms with E-state index in [0.29, 0.717) is 39.0 Å². The SMILES string of the molecule is CCC.CCCCCC(=O)P.CCCCCCCCCCCC(=O)NCCCCC(N)=O.CCCCCO.CCOC(C)(C)CCC=O.CP. The predicted molar refractivity (Wildman–Crippen MR) is 226 cm³/mol. The zero-order chi connectivity index (χ0) is 39.7. The molecule has 304 valence electrons. The Labute approximate surface area is 316 Å². The number of rotatable bonds is 27. The second kappa shape index (κ2) is 57.4. The predicted octanol–water partition coefficient (Wildman–Crippen LogP) is 10.5. The lowest BCUT2D eigenvalue weighted by Gasteiger charge is -2.23. The molecule has 2 unspecified atom stereocenters. The number of aldehydes is 1. The van der Waals surface area contributed by atoms with Crippen molar-refractivity contribution >= 4 is 42.1 Å². The van der Waals surface area contributed by atoms with Crippen LogP contribution in [-0.2, 0) is 23.9 Å². The Kier molecular flexibility index (Phi) is 70.2. The smallest absolute Gasteiger partial charge is 0.219 e. The standard InChI is InChI=1S/C17H34N2O2.C8H16O2.C6H13OP.C5H12O.C3H8.CH5P/c1-2-3-4-5-6-7-8-9-10-14-17(21)19-15-12-11-13-16(18)20;1-4-10-8(2,3)6-5-7-9;1-2-3-4-5-6(7)8;1-2-3-4-5-6;1-3-2;1-2/h2-15H2,1H3,(H2,18,20)(H,19,21);7H,4-6H2,1-3H3;2-5,8H2,1H3;6H,2-5H2,1H3;3H2,1-2H3;2H2,1H3. The Hall–Kier alpha value is -0.940. The van der Waals surface area contributed by atoms with E-state index in [1.165, 1.54) is 70.6 Å². The highest BCUT2D eigenvalue weighted by molar-refractivity contribution is 7.40. The lowest BCUT2D eigenvalue weighted by atomic mass is 10.0. The molecule has 10 heteroatoms. The van der Waals surface area contributed by atoms with Gasteiger partial charge >= 0.3 is 0 Å². The van der Waals surface area contributed by atoms with Crippen molar-refractivity contribution in [3.8, 4) is 0 Å². The molecule has 0 aliphatic rings. The molecule has 0 radical (unpaired) electrons. The van der Waals surface area contributed by atoms with Crippen LogP contribution in [0.2, 0.25) is 0 Å². The van der Waals surface area contributed by atoms with Gasteiger partial charge in [0, 0.05) is 45.4 Å². The van der Waals surface area contributed by atoms with E-state index in [9.17, 15) is 19.2 Å². The summed E-state index contributed by atoms with van der Waals surface area (Å²) in [5, 5.41) is 11.1. The number of aliphatic hydroxyl groups is 1. The maximum absolute atomic E-state index is 11.5. The summed E-state index contributed by atoms with van der Waals surface area (Å²) in [6, 6.07) is 0. The normalized spacial score (nSPS) is 9.76. The van der Waals surface area contributed by atoms with Gasteiger partial charge in [0.1, 0.15) is 11.8 Å². The van der Waals surface area contributed by atoms with Crippen LogP contribution in [0.1, 0.15) is 203 Å². The van der Waals surface area contributed by atoms with Gasteiger partial charge in [0.05, 0.1) is 5.60 Å². The zero-order valence-electron chi connectivity index (χ0n) is 34.7. The van der Waals surface area contributed by atoms with Crippen LogP contribution >= 0.6 is 18.5 Å². The second-order valence-corrected chi connectivity index (χ2v) is 13.5. The largest absolute Gasteiger partial charge is 0.396 e. The van der Waals surface area contributed by atoms with E-state index in [0.717, 1.165) is 64.1 Å². The maximum atomic E-state index is 11.5. The van der Waals surface area contributed by atoms with E-state index in [4.69, 9.17) is 15.6 Å². The maximum Gasteiger partial charge on any atom is 0.219 e. The topological polar surface area (TPSA) is 136 Å². The first-order valence-electron chi connectivity index (χ1n) is 20.0. The third kappa shape index (κ3) is 81.2. The molecule has 0 aliphatic carbocycles. The first kappa shape index (κ1) is 61.1. The van der Waals surface area contributed by atoms with Crippen molar-refractivity contribution in [1.29, 1.82) is 0 Å². The van der Waals surface area contributed by atoms with Gasteiger partial charge in [-0.25, -0.2) is 0 Å². The highest BCUT2D eigenvalue weighted by Gasteiger charge is 2.15. The van der Waals surface area contributed by atoms with Crippen molar-refractivity contribution in [2.75, 3.05) is 26.4 Å². The molecule has 0 aromatic heterocycles. The summed E-state index contributed by atoms with van der Waals surface area (Å²) in [4.78, 5) is 42.4. The minimum atomic E-state index is -0.268. The molecule has 0 aromatic carbocycles. The molecular weight excluding hydrogens is 666 g/mol. The zero-order valence-corrected chi connectivity index (χ0v) is 37.0. The molecule has 0 saturated carbocycles. The molecule has 4 N–H and O–H groups in total. The van der Waals surface area contributed by atoms with Gasteiger partial charge in [-0.3, -0.25) is 14.4 Å². The van der Waals surface area contributed by atoms with Gasteiger partial charge in [-0.2, -0.15) is 0 Å². The number of nitrogens with two attached hydrogens (primary N) is 1. The number of amides is 2. The quantitative estimate of drug-likeness (QED) is 0.0434. The van der Waals surface area contributed by atoms with Crippen LogP contribution in [0.4, 0.5) is 0 Å². The van der Waals surface area contributed by atoms with Gasteiger partial charge in [0.15, 0.2) is 0 Å². The van der Waals surface area contributed by atoms with Crippen LogP contribution in [0.5, 0.6) is 0 Å². The summed E-state index contributed by atoms with van der Waals surface area (Å²) >= 11 is 0. The highest BCUT2D eigenvalue weighted by atomic mass is 31.0. The summed E-state index contributed by atoms with van der Waals surface area (Å²) in [6.45, 7) is 20.3. The molecular formula is C40H88N2O6P2. The number of primary amides is 1. The van der Waals surface area contributed by atoms with Crippen molar-refractivity contribution in [3.63, 3.8) is 0 Å².